The van der Waals surface area contributed by atoms with Gasteiger partial charge in [0.2, 0.25) is 0 Å². The minimum Gasteiger partial charge on any atom is -0.497 e. The number of guanidine groups is 1. The Morgan fingerprint density at radius 1 is 1.22 bits per heavy atom. The average Bonchev–Trinajstić information content (AvgIpc) is 2.69. The smallest absolute Gasteiger partial charge is 0.191 e. The summed E-state index contributed by atoms with van der Waals surface area (Å²) in [6.45, 7) is 2.69. The maximum absolute atomic E-state index is 13.9. The number of hydrogen-bond donors (Lipinski definition) is 2. The van der Waals surface area contributed by atoms with Gasteiger partial charge in [-0.15, -0.1) is 0 Å². The summed E-state index contributed by atoms with van der Waals surface area (Å²) in [4.78, 5) is 4.12. The van der Waals surface area contributed by atoms with E-state index in [0.717, 1.165) is 5.75 Å². The number of nitrogens with zero attached hydrogens (tertiary/aromatic N) is 2. The molecule has 27 heavy (non-hydrogen) atoms. The van der Waals surface area contributed by atoms with Crippen LogP contribution in [0.25, 0.3) is 0 Å². The highest BCUT2D eigenvalue weighted by atomic mass is 19.1. The molecule has 7 heteroatoms. The van der Waals surface area contributed by atoms with Crippen molar-refractivity contribution in [1.29, 1.82) is 5.26 Å². The SMILES string of the molecule is CN=C(NCc1ccc(C#N)cc1F)NCC(C)Oc1cccc(OC)c1. The Bertz CT molecular complexity index is 833. The van der Waals surface area contributed by atoms with E-state index < -0.39 is 5.82 Å². The standard InChI is InChI=1S/C20H23FN4O2/c1-14(27-18-6-4-5-17(10-18)26-3)12-24-20(23-2)25-13-16-8-7-15(11-22)9-19(16)21/h4-10,14H,12-13H2,1-3H3,(H2,23,24,25). The molecule has 0 aliphatic rings. The zero-order valence-electron chi connectivity index (χ0n) is 15.6. The predicted octanol–water partition coefficient (Wildman–Crippen LogP) is 2.84. The van der Waals surface area contributed by atoms with Crippen LogP contribution in [0.1, 0.15) is 18.1 Å². The van der Waals surface area contributed by atoms with E-state index in [1.54, 1.807) is 26.3 Å². The Labute approximate surface area is 158 Å². The second-order valence-corrected chi connectivity index (χ2v) is 5.83. The fourth-order valence-corrected chi connectivity index (χ4v) is 2.35. The van der Waals surface area contributed by atoms with Crippen LogP contribution < -0.4 is 20.1 Å². The molecule has 0 spiro atoms. The molecule has 0 aromatic heterocycles. The molecule has 2 aromatic carbocycles. The lowest BCUT2D eigenvalue weighted by atomic mass is 10.1. The van der Waals surface area contributed by atoms with Crippen LogP contribution in [-0.2, 0) is 6.54 Å². The summed E-state index contributed by atoms with van der Waals surface area (Å²) in [5, 5.41) is 15.0. The fourth-order valence-electron chi connectivity index (χ4n) is 2.35. The van der Waals surface area contributed by atoms with E-state index in [9.17, 15) is 4.39 Å². The van der Waals surface area contributed by atoms with Gasteiger partial charge in [-0.05, 0) is 31.2 Å². The molecule has 0 radical (unpaired) electrons. The molecule has 0 bridgehead atoms. The molecule has 0 saturated heterocycles. The Balaban J connectivity index is 1.83. The molecule has 142 valence electrons. The first kappa shape index (κ1) is 20.0. The number of halogens is 1. The Morgan fingerprint density at radius 2 is 2.00 bits per heavy atom. The topological polar surface area (TPSA) is 78.7 Å². The maximum Gasteiger partial charge on any atom is 0.191 e. The van der Waals surface area contributed by atoms with Crippen LogP contribution in [0.15, 0.2) is 47.5 Å². The first-order valence-corrected chi connectivity index (χ1v) is 8.49. The van der Waals surface area contributed by atoms with Crippen molar-refractivity contribution in [3.63, 3.8) is 0 Å². The second-order valence-electron chi connectivity index (χ2n) is 5.83. The average molecular weight is 370 g/mol. The summed E-state index contributed by atoms with van der Waals surface area (Å²) >= 11 is 0. The van der Waals surface area contributed by atoms with Gasteiger partial charge in [-0.25, -0.2) is 4.39 Å². The summed E-state index contributed by atoms with van der Waals surface area (Å²) in [7, 11) is 3.24. The predicted molar refractivity (Wildman–Crippen MR) is 102 cm³/mol. The van der Waals surface area contributed by atoms with Crippen LogP contribution in [0.3, 0.4) is 0 Å². The van der Waals surface area contributed by atoms with E-state index in [0.29, 0.717) is 29.4 Å². The highest BCUT2D eigenvalue weighted by Crippen LogP contribution is 2.19. The van der Waals surface area contributed by atoms with Gasteiger partial charge in [-0.3, -0.25) is 4.99 Å². The molecular weight excluding hydrogens is 347 g/mol. The number of nitriles is 1. The Morgan fingerprint density at radius 3 is 2.67 bits per heavy atom. The Kier molecular flexibility index (Phi) is 7.44. The second kappa shape index (κ2) is 10.0. The van der Waals surface area contributed by atoms with Gasteiger partial charge in [-0.2, -0.15) is 5.26 Å². The lowest BCUT2D eigenvalue weighted by Crippen LogP contribution is -2.41. The molecule has 0 aliphatic heterocycles. The zero-order valence-corrected chi connectivity index (χ0v) is 15.6. The van der Waals surface area contributed by atoms with Crippen LogP contribution >= 0.6 is 0 Å². The van der Waals surface area contributed by atoms with Crippen molar-refractivity contribution in [2.45, 2.75) is 19.6 Å². The molecule has 0 aliphatic carbocycles. The molecule has 0 heterocycles. The number of aliphatic imine (C=N–C) groups is 1. The molecule has 2 N–H and O–H groups in total. The highest BCUT2D eigenvalue weighted by Gasteiger charge is 2.08. The first-order valence-electron chi connectivity index (χ1n) is 8.49. The van der Waals surface area contributed by atoms with Gasteiger partial charge in [0.15, 0.2) is 5.96 Å². The summed E-state index contributed by atoms with van der Waals surface area (Å²) < 4.78 is 24.9. The molecule has 6 nitrogen and oxygen atoms in total. The minimum atomic E-state index is -0.424. The van der Waals surface area contributed by atoms with E-state index in [-0.39, 0.29) is 12.6 Å². The van der Waals surface area contributed by atoms with E-state index in [1.165, 1.54) is 6.07 Å². The number of methoxy groups -OCH3 is 1. The largest absolute Gasteiger partial charge is 0.497 e. The number of nitrogens with one attached hydrogen (secondary N) is 2. The zero-order chi connectivity index (χ0) is 19.6. The van der Waals surface area contributed by atoms with Crippen molar-refractivity contribution >= 4 is 5.96 Å². The van der Waals surface area contributed by atoms with Crippen molar-refractivity contribution in [1.82, 2.24) is 10.6 Å². The number of ether oxygens (including phenoxy) is 2. The molecule has 0 amide bonds. The van der Waals surface area contributed by atoms with Gasteiger partial charge < -0.3 is 20.1 Å². The van der Waals surface area contributed by atoms with E-state index in [1.807, 2.05) is 37.3 Å². The van der Waals surface area contributed by atoms with Gasteiger partial charge in [0.25, 0.3) is 0 Å². The van der Waals surface area contributed by atoms with Crippen molar-refractivity contribution < 1.29 is 13.9 Å². The van der Waals surface area contributed by atoms with Gasteiger partial charge >= 0.3 is 0 Å². The lowest BCUT2D eigenvalue weighted by molar-refractivity contribution is 0.223. The van der Waals surface area contributed by atoms with Gasteiger partial charge in [-0.1, -0.05) is 12.1 Å². The van der Waals surface area contributed by atoms with Crippen LogP contribution in [0.5, 0.6) is 11.5 Å². The summed E-state index contributed by atoms with van der Waals surface area (Å²) in [5.74, 6) is 1.55. The van der Waals surface area contributed by atoms with Crippen molar-refractivity contribution in [2.24, 2.45) is 4.99 Å². The van der Waals surface area contributed by atoms with Crippen LogP contribution in [0.4, 0.5) is 4.39 Å². The summed E-state index contributed by atoms with van der Waals surface area (Å²) in [6, 6.07) is 13.7. The normalized spacial score (nSPS) is 12.0. The maximum atomic E-state index is 13.9. The quantitative estimate of drug-likeness (QED) is 0.579. The molecule has 0 fully saturated rings. The van der Waals surface area contributed by atoms with E-state index in [2.05, 4.69) is 15.6 Å². The van der Waals surface area contributed by atoms with Crippen molar-refractivity contribution in [3.8, 4) is 17.6 Å². The van der Waals surface area contributed by atoms with Crippen molar-refractivity contribution in [3.05, 3.63) is 59.4 Å². The fraction of sp³-hybridized carbons (Fsp3) is 0.300. The van der Waals surface area contributed by atoms with Crippen LogP contribution in [-0.4, -0.2) is 32.8 Å². The molecular formula is C20H23FN4O2. The molecule has 2 rings (SSSR count). The van der Waals surface area contributed by atoms with E-state index in [4.69, 9.17) is 14.7 Å². The molecule has 1 atom stereocenters. The lowest BCUT2D eigenvalue weighted by Gasteiger charge is -2.18. The van der Waals surface area contributed by atoms with Crippen LogP contribution in [0.2, 0.25) is 0 Å². The van der Waals surface area contributed by atoms with Crippen LogP contribution in [0, 0.1) is 17.1 Å². The molecule has 1 unspecified atom stereocenters. The van der Waals surface area contributed by atoms with Gasteiger partial charge in [0, 0.05) is 25.2 Å². The summed E-state index contributed by atoms with van der Waals surface area (Å²) in [6.07, 6.45) is -0.123. The number of benzene rings is 2. The number of rotatable bonds is 7. The first-order chi connectivity index (χ1) is 13.0. The molecule has 0 saturated carbocycles. The Hall–Kier alpha value is -3.27. The third kappa shape index (κ3) is 6.19. The third-order valence-electron chi connectivity index (χ3n) is 3.79. The van der Waals surface area contributed by atoms with Crippen molar-refractivity contribution in [2.75, 3.05) is 20.7 Å². The molecule has 2 aromatic rings. The number of hydrogen-bond acceptors (Lipinski definition) is 4. The highest BCUT2D eigenvalue weighted by molar-refractivity contribution is 5.79. The van der Waals surface area contributed by atoms with E-state index >= 15 is 0 Å². The van der Waals surface area contributed by atoms with Gasteiger partial charge in [0.05, 0.1) is 25.3 Å². The van der Waals surface area contributed by atoms with Gasteiger partial charge in [0.1, 0.15) is 23.4 Å². The monoisotopic (exact) mass is 370 g/mol. The summed E-state index contributed by atoms with van der Waals surface area (Å²) in [5.41, 5.74) is 0.750. The third-order valence-corrected chi connectivity index (χ3v) is 3.79. The minimum absolute atomic E-state index is 0.123.